The molecular formula is C17H26N2O3S2. The van der Waals surface area contributed by atoms with E-state index in [4.69, 9.17) is 0 Å². The molecule has 0 bridgehead atoms. The van der Waals surface area contributed by atoms with Crippen molar-refractivity contribution in [3.8, 4) is 0 Å². The van der Waals surface area contributed by atoms with Gasteiger partial charge in [-0.2, -0.15) is 0 Å². The molecule has 1 unspecified atom stereocenters. The second kappa shape index (κ2) is 7.14. The first-order valence-corrected chi connectivity index (χ1v) is 11.3. The van der Waals surface area contributed by atoms with Crippen LogP contribution < -0.4 is 0 Å². The van der Waals surface area contributed by atoms with Gasteiger partial charge >= 0.3 is 0 Å². The fourth-order valence-electron chi connectivity index (χ4n) is 3.75. The van der Waals surface area contributed by atoms with Crippen molar-refractivity contribution in [2.75, 3.05) is 31.6 Å². The maximum absolute atomic E-state index is 12.7. The molecule has 1 aromatic heterocycles. The van der Waals surface area contributed by atoms with Gasteiger partial charge in [0, 0.05) is 23.9 Å². The Kier molecular flexibility index (Phi) is 5.32. The average Bonchev–Trinajstić information content (AvgIpc) is 3.12. The highest BCUT2D eigenvalue weighted by Crippen LogP contribution is 2.26. The third-order valence-corrected chi connectivity index (χ3v) is 8.09. The van der Waals surface area contributed by atoms with Crippen molar-refractivity contribution in [2.24, 2.45) is 5.92 Å². The van der Waals surface area contributed by atoms with E-state index in [1.165, 1.54) is 10.4 Å². The van der Waals surface area contributed by atoms with E-state index in [9.17, 15) is 13.2 Å². The van der Waals surface area contributed by atoms with E-state index in [-0.39, 0.29) is 17.9 Å². The summed E-state index contributed by atoms with van der Waals surface area (Å²) >= 11 is 1.70. The van der Waals surface area contributed by atoms with Crippen molar-refractivity contribution in [2.45, 2.75) is 38.8 Å². The van der Waals surface area contributed by atoms with Crippen LogP contribution >= 0.6 is 11.3 Å². The van der Waals surface area contributed by atoms with Crippen LogP contribution in [-0.2, 0) is 21.2 Å². The Morgan fingerprint density at radius 3 is 2.58 bits per heavy atom. The third kappa shape index (κ3) is 4.00. The van der Waals surface area contributed by atoms with Crippen molar-refractivity contribution in [1.82, 2.24) is 9.80 Å². The number of sulfone groups is 1. The molecule has 5 nitrogen and oxygen atoms in total. The van der Waals surface area contributed by atoms with Gasteiger partial charge in [-0.3, -0.25) is 9.69 Å². The first-order chi connectivity index (χ1) is 11.4. The Labute approximate surface area is 148 Å². The van der Waals surface area contributed by atoms with Crippen LogP contribution in [0.1, 0.15) is 29.7 Å². The Balaban J connectivity index is 1.51. The number of thiophene rings is 1. The summed E-state index contributed by atoms with van der Waals surface area (Å²) in [4.78, 5) is 18.1. The maximum Gasteiger partial charge on any atom is 0.225 e. The highest BCUT2D eigenvalue weighted by atomic mass is 32.2. The van der Waals surface area contributed by atoms with Gasteiger partial charge in [-0.15, -0.1) is 11.3 Å². The highest BCUT2D eigenvalue weighted by Gasteiger charge is 2.35. The van der Waals surface area contributed by atoms with Crippen molar-refractivity contribution in [3.05, 3.63) is 21.9 Å². The summed E-state index contributed by atoms with van der Waals surface area (Å²) < 4.78 is 23.3. The lowest BCUT2D eigenvalue weighted by Gasteiger charge is -2.36. The van der Waals surface area contributed by atoms with Gasteiger partial charge < -0.3 is 4.90 Å². The summed E-state index contributed by atoms with van der Waals surface area (Å²) in [6.07, 6.45) is 2.42. The highest BCUT2D eigenvalue weighted by molar-refractivity contribution is 7.91. The molecular weight excluding hydrogens is 344 g/mol. The SMILES string of the molecule is Cc1ccsc1CN(C)C(=O)C1CCN(C2CCS(=O)(=O)C2)CC1. The summed E-state index contributed by atoms with van der Waals surface area (Å²) in [6, 6.07) is 2.25. The minimum absolute atomic E-state index is 0.0736. The lowest BCUT2D eigenvalue weighted by molar-refractivity contribution is -0.136. The lowest BCUT2D eigenvalue weighted by atomic mass is 9.94. The summed E-state index contributed by atoms with van der Waals surface area (Å²) in [6.45, 7) is 4.44. The molecule has 3 rings (SSSR count). The van der Waals surface area contributed by atoms with Gasteiger partial charge in [-0.25, -0.2) is 8.42 Å². The standard InChI is InChI=1S/C17H26N2O3S2/c1-13-5-9-23-16(13)11-18(2)17(20)14-3-7-19(8-4-14)15-6-10-24(21,22)12-15/h5,9,14-15H,3-4,6-8,10-12H2,1-2H3. The monoisotopic (exact) mass is 370 g/mol. The number of nitrogens with zero attached hydrogens (tertiary/aromatic N) is 2. The number of carbonyl (C=O) groups excluding carboxylic acids is 1. The summed E-state index contributed by atoms with van der Waals surface area (Å²) in [5.74, 6) is 0.911. The van der Waals surface area contributed by atoms with E-state index in [1.54, 1.807) is 11.3 Å². The topological polar surface area (TPSA) is 57.7 Å². The number of aryl methyl sites for hydroxylation is 1. The number of amides is 1. The molecule has 2 aliphatic rings. The number of piperidine rings is 1. The predicted octanol–water partition coefficient (Wildman–Crippen LogP) is 1.91. The molecule has 2 saturated heterocycles. The van der Waals surface area contributed by atoms with E-state index < -0.39 is 9.84 Å². The van der Waals surface area contributed by atoms with E-state index in [0.717, 1.165) is 32.4 Å². The molecule has 7 heteroatoms. The van der Waals surface area contributed by atoms with Crippen LogP contribution in [0.4, 0.5) is 0 Å². The second-order valence-corrected chi connectivity index (χ2v) is 10.3. The quantitative estimate of drug-likeness (QED) is 0.812. The molecule has 0 aromatic carbocycles. The molecule has 0 saturated carbocycles. The van der Waals surface area contributed by atoms with Crippen LogP contribution in [0.2, 0.25) is 0 Å². The van der Waals surface area contributed by atoms with Crippen LogP contribution in [0.3, 0.4) is 0 Å². The largest absolute Gasteiger partial charge is 0.340 e. The van der Waals surface area contributed by atoms with Gasteiger partial charge in [0.15, 0.2) is 9.84 Å². The van der Waals surface area contributed by atoms with E-state index in [0.29, 0.717) is 18.1 Å². The molecule has 2 aliphatic heterocycles. The second-order valence-electron chi connectivity index (χ2n) is 7.09. The van der Waals surface area contributed by atoms with Crippen molar-refractivity contribution >= 4 is 27.1 Å². The lowest BCUT2D eigenvalue weighted by Crippen LogP contribution is -2.45. The number of hydrogen-bond acceptors (Lipinski definition) is 5. The van der Waals surface area contributed by atoms with Gasteiger partial charge in [0.25, 0.3) is 0 Å². The van der Waals surface area contributed by atoms with Crippen molar-refractivity contribution < 1.29 is 13.2 Å². The molecule has 0 aliphatic carbocycles. The normalized spacial score (nSPS) is 25.0. The fourth-order valence-corrected chi connectivity index (χ4v) is 6.47. The summed E-state index contributed by atoms with van der Waals surface area (Å²) in [5, 5.41) is 2.07. The molecule has 24 heavy (non-hydrogen) atoms. The van der Waals surface area contributed by atoms with E-state index >= 15 is 0 Å². The molecule has 3 heterocycles. The number of rotatable bonds is 4. The Hall–Kier alpha value is -0.920. The van der Waals surface area contributed by atoms with Gasteiger partial charge in [-0.1, -0.05) is 0 Å². The fraction of sp³-hybridized carbons (Fsp3) is 0.706. The Bertz CT molecular complexity index is 690. The Morgan fingerprint density at radius 1 is 1.33 bits per heavy atom. The number of carbonyl (C=O) groups is 1. The van der Waals surface area contributed by atoms with Gasteiger partial charge in [-0.05, 0) is 56.3 Å². The molecule has 2 fully saturated rings. The van der Waals surface area contributed by atoms with Crippen LogP contribution in [0, 0.1) is 12.8 Å². The van der Waals surface area contributed by atoms with Gasteiger partial charge in [0.05, 0.1) is 18.1 Å². The minimum Gasteiger partial charge on any atom is -0.340 e. The summed E-state index contributed by atoms with van der Waals surface area (Å²) in [5.41, 5.74) is 1.25. The first-order valence-electron chi connectivity index (χ1n) is 8.58. The summed E-state index contributed by atoms with van der Waals surface area (Å²) in [7, 11) is -0.951. The van der Waals surface area contributed by atoms with Crippen LogP contribution in [0.25, 0.3) is 0 Å². The molecule has 0 N–H and O–H groups in total. The molecule has 134 valence electrons. The van der Waals surface area contributed by atoms with Crippen LogP contribution in [0.5, 0.6) is 0 Å². The van der Waals surface area contributed by atoms with E-state index in [2.05, 4.69) is 23.3 Å². The molecule has 1 aromatic rings. The van der Waals surface area contributed by atoms with Crippen molar-refractivity contribution in [3.63, 3.8) is 0 Å². The molecule has 0 spiro atoms. The predicted molar refractivity (Wildman–Crippen MR) is 96.9 cm³/mol. The zero-order valence-corrected chi connectivity index (χ0v) is 16.0. The third-order valence-electron chi connectivity index (χ3n) is 5.33. The van der Waals surface area contributed by atoms with E-state index in [1.807, 2.05) is 11.9 Å². The zero-order chi connectivity index (χ0) is 17.3. The molecule has 1 amide bonds. The molecule has 1 atom stereocenters. The smallest absolute Gasteiger partial charge is 0.225 e. The maximum atomic E-state index is 12.7. The Morgan fingerprint density at radius 2 is 2.04 bits per heavy atom. The van der Waals surface area contributed by atoms with Crippen LogP contribution in [-0.4, -0.2) is 61.8 Å². The van der Waals surface area contributed by atoms with Gasteiger partial charge in [0.1, 0.15) is 0 Å². The van der Waals surface area contributed by atoms with Crippen LogP contribution in [0.15, 0.2) is 11.4 Å². The minimum atomic E-state index is -2.84. The number of likely N-dealkylation sites (tertiary alicyclic amines) is 1. The zero-order valence-electron chi connectivity index (χ0n) is 14.4. The number of hydrogen-bond donors (Lipinski definition) is 0. The van der Waals surface area contributed by atoms with Crippen molar-refractivity contribution in [1.29, 1.82) is 0 Å². The van der Waals surface area contributed by atoms with Gasteiger partial charge in [0.2, 0.25) is 5.91 Å². The first kappa shape index (κ1) is 17.9. The molecule has 0 radical (unpaired) electrons. The average molecular weight is 371 g/mol.